The molecule has 2 heterocycles. The molecule has 0 spiro atoms. The summed E-state index contributed by atoms with van der Waals surface area (Å²) in [5.41, 5.74) is 2.88. The molecule has 0 unspecified atom stereocenters. The summed E-state index contributed by atoms with van der Waals surface area (Å²) in [4.78, 5) is 21.4. The van der Waals surface area contributed by atoms with E-state index in [1.807, 2.05) is 53.4 Å². The molecule has 1 aromatic heterocycles. The number of aryl methyl sites for hydroxylation is 1. The number of carbonyl (C=O) groups is 1. The molecule has 0 N–H and O–H groups in total. The van der Waals surface area contributed by atoms with E-state index in [2.05, 4.69) is 22.0 Å². The third-order valence-corrected chi connectivity index (χ3v) is 5.44. The van der Waals surface area contributed by atoms with Crippen molar-refractivity contribution in [2.24, 2.45) is 0 Å². The molecule has 0 bridgehead atoms. The summed E-state index contributed by atoms with van der Waals surface area (Å²) in [6.07, 6.45) is 0.975. The predicted molar refractivity (Wildman–Crippen MR) is 113 cm³/mol. The molecule has 30 heavy (non-hydrogen) atoms. The minimum absolute atomic E-state index is 0.0943. The number of aromatic nitrogens is 2. The average Bonchev–Trinajstić information content (AvgIpc) is 3.27. The van der Waals surface area contributed by atoms with Gasteiger partial charge in [-0.05, 0) is 48.4 Å². The normalized spacial score (nSPS) is 14.7. The van der Waals surface area contributed by atoms with Gasteiger partial charge in [0.25, 0.3) is 5.91 Å². The zero-order valence-electron chi connectivity index (χ0n) is 17.4. The Morgan fingerprint density at radius 1 is 1.03 bits per heavy atom. The summed E-state index contributed by atoms with van der Waals surface area (Å²) in [5, 5.41) is 4.09. The fourth-order valence-corrected chi connectivity index (χ4v) is 3.54. The lowest BCUT2D eigenvalue weighted by Gasteiger charge is -2.34. The van der Waals surface area contributed by atoms with E-state index in [9.17, 15) is 4.79 Å². The van der Waals surface area contributed by atoms with E-state index in [0.717, 1.165) is 36.4 Å². The zero-order chi connectivity index (χ0) is 20.9. The van der Waals surface area contributed by atoms with Crippen LogP contribution in [0, 0.1) is 0 Å². The Hall–Kier alpha value is -3.19. The molecule has 0 atom stereocenters. The van der Waals surface area contributed by atoms with E-state index < -0.39 is 0 Å². The van der Waals surface area contributed by atoms with E-state index in [0.29, 0.717) is 31.3 Å². The second-order valence-electron chi connectivity index (χ2n) is 7.36. The van der Waals surface area contributed by atoms with E-state index in [4.69, 9.17) is 9.26 Å². The number of hydrogen-bond donors (Lipinski definition) is 0. The monoisotopic (exact) mass is 406 g/mol. The Morgan fingerprint density at radius 3 is 2.37 bits per heavy atom. The minimum Gasteiger partial charge on any atom is -0.497 e. The Balaban J connectivity index is 1.31. The van der Waals surface area contributed by atoms with Crippen molar-refractivity contribution in [2.45, 2.75) is 19.9 Å². The van der Waals surface area contributed by atoms with Gasteiger partial charge in [0.1, 0.15) is 5.75 Å². The number of ether oxygens (including phenoxy) is 1. The molecule has 4 rings (SSSR count). The summed E-state index contributed by atoms with van der Waals surface area (Å²) in [7, 11) is 1.64. The number of benzene rings is 2. The second kappa shape index (κ2) is 9.09. The van der Waals surface area contributed by atoms with E-state index >= 15 is 0 Å². The molecule has 1 fully saturated rings. The number of piperazine rings is 1. The number of rotatable bonds is 6. The lowest BCUT2D eigenvalue weighted by atomic mass is 10.1. The molecular weight excluding hydrogens is 380 g/mol. The van der Waals surface area contributed by atoms with Crippen molar-refractivity contribution in [1.82, 2.24) is 19.9 Å². The van der Waals surface area contributed by atoms with E-state index in [1.165, 1.54) is 5.56 Å². The van der Waals surface area contributed by atoms with Gasteiger partial charge in [-0.3, -0.25) is 9.69 Å². The highest BCUT2D eigenvalue weighted by molar-refractivity contribution is 5.94. The van der Waals surface area contributed by atoms with Gasteiger partial charge < -0.3 is 14.2 Å². The summed E-state index contributed by atoms with van der Waals surface area (Å²) >= 11 is 0. The van der Waals surface area contributed by atoms with Crippen LogP contribution in [-0.2, 0) is 13.0 Å². The van der Waals surface area contributed by atoms with Crippen LogP contribution in [0.1, 0.15) is 28.7 Å². The van der Waals surface area contributed by atoms with Gasteiger partial charge >= 0.3 is 0 Å². The number of carbonyl (C=O) groups excluding carboxylic acids is 1. The van der Waals surface area contributed by atoms with Gasteiger partial charge in [0.15, 0.2) is 0 Å². The third-order valence-electron chi connectivity index (χ3n) is 5.44. The summed E-state index contributed by atoms with van der Waals surface area (Å²) < 4.78 is 10.6. The maximum Gasteiger partial charge on any atom is 0.253 e. The first kappa shape index (κ1) is 20.1. The van der Waals surface area contributed by atoms with Gasteiger partial charge in [-0.15, -0.1) is 0 Å². The molecule has 1 aliphatic rings. The van der Waals surface area contributed by atoms with Gasteiger partial charge in [0.05, 0.1) is 13.7 Å². The molecule has 1 aliphatic heterocycles. The molecule has 0 radical (unpaired) electrons. The van der Waals surface area contributed by atoms with Crippen molar-refractivity contribution in [3.8, 4) is 17.1 Å². The first-order chi connectivity index (χ1) is 14.7. The van der Waals surface area contributed by atoms with Crippen LogP contribution < -0.4 is 4.74 Å². The topological polar surface area (TPSA) is 71.7 Å². The van der Waals surface area contributed by atoms with Gasteiger partial charge in [0, 0.05) is 37.3 Å². The fraction of sp³-hybridized carbons (Fsp3) is 0.348. The van der Waals surface area contributed by atoms with E-state index in [1.54, 1.807) is 7.11 Å². The molecule has 1 saturated heterocycles. The number of hydrogen-bond acceptors (Lipinski definition) is 6. The average molecular weight is 406 g/mol. The molecule has 3 aromatic rings. The van der Waals surface area contributed by atoms with E-state index in [-0.39, 0.29) is 5.91 Å². The largest absolute Gasteiger partial charge is 0.497 e. The maximum atomic E-state index is 12.7. The summed E-state index contributed by atoms with van der Waals surface area (Å²) in [5.74, 6) is 2.03. The number of amides is 1. The highest BCUT2D eigenvalue weighted by Gasteiger charge is 2.23. The van der Waals surface area contributed by atoms with Crippen molar-refractivity contribution in [3.63, 3.8) is 0 Å². The summed E-state index contributed by atoms with van der Waals surface area (Å²) in [6, 6.07) is 15.5. The predicted octanol–water partition coefficient (Wildman–Crippen LogP) is 3.27. The zero-order valence-corrected chi connectivity index (χ0v) is 17.4. The SMILES string of the molecule is CCc1ccc(C(=O)N2CCN(Cc3nc(-c4ccc(OC)cc4)no3)CC2)cc1. The fourth-order valence-electron chi connectivity index (χ4n) is 3.54. The molecule has 7 nitrogen and oxygen atoms in total. The number of methoxy groups -OCH3 is 1. The third kappa shape index (κ3) is 4.52. The van der Waals surface area contributed by atoms with Gasteiger partial charge in [-0.25, -0.2) is 0 Å². The lowest BCUT2D eigenvalue weighted by molar-refractivity contribution is 0.0615. The smallest absolute Gasteiger partial charge is 0.253 e. The van der Waals surface area contributed by atoms with Crippen LogP contribution in [0.4, 0.5) is 0 Å². The first-order valence-electron chi connectivity index (χ1n) is 10.2. The summed E-state index contributed by atoms with van der Waals surface area (Å²) in [6.45, 7) is 5.62. The lowest BCUT2D eigenvalue weighted by Crippen LogP contribution is -2.48. The quantitative estimate of drug-likeness (QED) is 0.626. The molecule has 2 aromatic carbocycles. The van der Waals surface area contributed by atoms with Crippen molar-refractivity contribution >= 4 is 5.91 Å². The first-order valence-corrected chi connectivity index (χ1v) is 10.2. The van der Waals surface area contributed by atoms with Crippen LogP contribution in [-0.4, -0.2) is 59.1 Å². The van der Waals surface area contributed by atoms with Crippen LogP contribution in [0.25, 0.3) is 11.4 Å². The van der Waals surface area contributed by atoms with Crippen LogP contribution in [0.2, 0.25) is 0 Å². The van der Waals surface area contributed by atoms with Crippen LogP contribution in [0.3, 0.4) is 0 Å². The minimum atomic E-state index is 0.0943. The Kier molecular flexibility index (Phi) is 6.09. The van der Waals surface area contributed by atoms with Gasteiger partial charge in [0.2, 0.25) is 11.7 Å². The highest BCUT2D eigenvalue weighted by Crippen LogP contribution is 2.20. The maximum absolute atomic E-state index is 12.7. The Morgan fingerprint density at radius 2 is 1.73 bits per heavy atom. The second-order valence-corrected chi connectivity index (χ2v) is 7.36. The molecule has 1 amide bonds. The van der Waals surface area contributed by atoms with Crippen LogP contribution in [0.15, 0.2) is 53.1 Å². The molecular formula is C23H26N4O3. The van der Waals surface area contributed by atoms with Crippen molar-refractivity contribution < 1.29 is 14.1 Å². The Bertz CT molecular complexity index is 974. The standard InChI is InChI=1S/C23H26N4O3/c1-3-17-4-6-19(7-5-17)23(28)27-14-12-26(13-15-27)16-21-24-22(25-30-21)18-8-10-20(29-2)11-9-18/h4-11H,3,12-16H2,1-2H3. The Labute approximate surface area is 176 Å². The number of nitrogens with zero attached hydrogens (tertiary/aromatic N) is 4. The van der Waals surface area contributed by atoms with Crippen molar-refractivity contribution in [1.29, 1.82) is 0 Å². The molecule has 0 saturated carbocycles. The van der Waals surface area contributed by atoms with Crippen LogP contribution in [0.5, 0.6) is 5.75 Å². The van der Waals surface area contributed by atoms with Crippen molar-refractivity contribution in [3.05, 3.63) is 65.5 Å². The molecule has 0 aliphatic carbocycles. The van der Waals surface area contributed by atoms with Gasteiger partial charge in [-0.2, -0.15) is 4.98 Å². The highest BCUT2D eigenvalue weighted by atomic mass is 16.5. The molecule has 156 valence electrons. The van der Waals surface area contributed by atoms with Crippen molar-refractivity contribution in [2.75, 3.05) is 33.3 Å². The van der Waals surface area contributed by atoms with Crippen LogP contribution >= 0.6 is 0 Å². The molecule has 7 heteroatoms. The van der Waals surface area contributed by atoms with Gasteiger partial charge in [-0.1, -0.05) is 24.2 Å².